The molecule has 0 aliphatic heterocycles. The van der Waals surface area contributed by atoms with Gasteiger partial charge < -0.3 is 14.5 Å². The second-order valence-corrected chi connectivity index (χ2v) is 6.42. The summed E-state index contributed by atoms with van der Waals surface area (Å²) in [5, 5.41) is 21.8. The van der Waals surface area contributed by atoms with Gasteiger partial charge in [-0.1, -0.05) is 30.3 Å². The van der Waals surface area contributed by atoms with Crippen LogP contribution in [0.3, 0.4) is 0 Å². The number of carbonyl (C=O) groups excluding carboxylic acids is 1. The van der Waals surface area contributed by atoms with E-state index in [9.17, 15) is 14.9 Å². The number of aromatic nitrogens is 2. The lowest BCUT2D eigenvalue weighted by Crippen LogP contribution is -2.20. The van der Waals surface area contributed by atoms with Gasteiger partial charge in [-0.3, -0.25) is 14.9 Å². The van der Waals surface area contributed by atoms with Gasteiger partial charge in [-0.25, -0.2) is 0 Å². The molecule has 1 N–H and O–H groups in total. The number of amides is 1. The average molecular weight is 416 g/mol. The lowest BCUT2D eigenvalue weighted by molar-refractivity contribution is -0.385. The fourth-order valence-electron chi connectivity index (χ4n) is 2.80. The molecule has 0 saturated carbocycles. The highest BCUT2D eigenvalue weighted by molar-refractivity contribution is 5.92. The first-order valence-corrected chi connectivity index (χ1v) is 9.25. The third-order valence-electron chi connectivity index (χ3n) is 4.28. The molecule has 0 bridgehead atoms. The Labute approximate surface area is 176 Å². The molecule has 0 atom stereocenters. The Balaban J connectivity index is 1.37. The molecule has 1 aromatic heterocycles. The normalized spacial score (nSPS) is 10.5. The van der Waals surface area contributed by atoms with Gasteiger partial charge in [0.1, 0.15) is 0 Å². The number of rotatable bonds is 7. The van der Waals surface area contributed by atoms with Crippen molar-refractivity contribution >= 4 is 17.3 Å². The summed E-state index contributed by atoms with van der Waals surface area (Å²) in [6.07, 6.45) is 0. The van der Waals surface area contributed by atoms with Gasteiger partial charge >= 0.3 is 5.69 Å². The van der Waals surface area contributed by atoms with E-state index >= 15 is 0 Å². The minimum absolute atomic E-state index is 0.0311. The molecular formula is C22H16N4O5. The van der Waals surface area contributed by atoms with E-state index in [0.29, 0.717) is 23.0 Å². The molecule has 154 valence electrons. The van der Waals surface area contributed by atoms with Crippen molar-refractivity contribution in [1.29, 1.82) is 0 Å². The van der Waals surface area contributed by atoms with Crippen LogP contribution in [0.2, 0.25) is 0 Å². The third kappa shape index (κ3) is 4.73. The summed E-state index contributed by atoms with van der Waals surface area (Å²) in [5.41, 5.74) is 1.85. The van der Waals surface area contributed by atoms with Crippen molar-refractivity contribution in [2.24, 2.45) is 0 Å². The van der Waals surface area contributed by atoms with Gasteiger partial charge in [-0.05, 0) is 42.5 Å². The third-order valence-corrected chi connectivity index (χ3v) is 4.28. The number of ether oxygens (including phenoxy) is 1. The predicted octanol–water partition coefficient (Wildman–Crippen LogP) is 4.33. The van der Waals surface area contributed by atoms with Crippen LogP contribution in [-0.4, -0.2) is 27.6 Å². The van der Waals surface area contributed by atoms with Gasteiger partial charge in [0.2, 0.25) is 11.8 Å². The Morgan fingerprint density at radius 1 is 0.903 bits per heavy atom. The molecule has 0 fully saturated rings. The first-order chi connectivity index (χ1) is 15.1. The largest absolute Gasteiger partial charge is 0.477 e. The topological polar surface area (TPSA) is 120 Å². The van der Waals surface area contributed by atoms with Gasteiger partial charge in [0.15, 0.2) is 12.4 Å². The van der Waals surface area contributed by atoms with Crippen LogP contribution in [0.4, 0.5) is 11.4 Å². The molecule has 0 spiro atoms. The molecule has 1 amide bonds. The Kier molecular flexibility index (Phi) is 5.66. The molecule has 4 aromatic rings. The summed E-state index contributed by atoms with van der Waals surface area (Å²) in [6, 6.07) is 22.1. The highest BCUT2D eigenvalue weighted by Gasteiger charge is 2.15. The van der Waals surface area contributed by atoms with Crippen LogP contribution in [0.25, 0.3) is 22.9 Å². The van der Waals surface area contributed by atoms with Crippen molar-refractivity contribution in [2.75, 3.05) is 11.9 Å². The summed E-state index contributed by atoms with van der Waals surface area (Å²) >= 11 is 0. The van der Waals surface area contributed by atoms with Crippen molar-refractivity contribution < 1.29 is 18.9 Å². The van der Waals surface area contributed by atoms with E-state index in [-0.39, 0.29) is 18.0 Å². The summed E-state index contributed by atoms with van der Waals surface area (Å²) in [7, 11) is 0. The van der Waals surface area contributed by atoms with Gasteiger partial charge in [0.05, 0.1) is 4.92 Å². The molecule has 31 heavy (non-hydrogen) atoms. The number of nitro groups is 1. The fraction of sp³-hybridized carbons (Fsp3) is 0.0455. The number of benzene rings is 3. The number of para-hydroxylation sites is 2. The zero-order valence-corrected chi connectivity index (χ0v) is 16.1. The van der Waals surface area contributed by atoms with Gasteiger partial charge in [0.25, 0.3) is 5.91 Å². The molecule has 9 nitrogen and oxygen atoms in total. The Bertz CT molecular complexity index is 1210. The standard InChI is InChI=1S/C22H16N4O5/c27-20(14-30-19-9-5-4-8-18(19)26(28)29)23-17-12-10-16(11-13-17)22-25-24-21(31-22)15-6-2-1-3-7-15/h1-13H,14H2,(H,23,27). The number of nitro benzene ring substituents is 1. The minimum atomic E-state index is -0.563. The Hall–Kier alpha value is -4.53. The molecule has 0 aliphatic rings. The second-order valence-electron chi connectivity index (χ2n) is 6.42. The number of nitrogens with zero attached hydrogens (tertiary/aromatic N) is 3. The van der Waals surface area contributed by atoms with Crippen molar-refractivity contribution in [3.05, 3.63) is 89.0 Å². The van der Waals surface area contributed by atoms with E-state index < -0.39 is 10.8 Å². The summed E-state index contributed by atoms with van der Waals surface area (Å²) in [6.45, 7) is -0.364. The second kappa shape index (κ2) is 8.87. The molecule has 0 radical (unpaired) electrons. The van der Waals surface area contributed by atoms with Crippen LogP contribution < -0.4 is 10.1 Å². The van der Waals surface area contributed by atoms with Crippen LogP contribution >= 0.6 is 0 Å². The minimum Gasteiger partial charge on any atom is -0.477 e. The summed E-state index contributed by atoms with van der Waals surface area (Å²) in [5.74, 6) is 0.357. The number of anilines is 1. The number of hydrogen-bond donors (Lipinski definition) is 1. The highest BCUT2D eigenvalue weighted by atomic mass is 16.6. The lowest BCUT2D eigenvalue weighted by atomic mass is 10.2. The average Bonchev–Trinajstić information content (AvgIpc) is 3.29. The summed E-state index contributed by atoms with van der Waals surface area (Å²) < 4.78 is 11.0. The van der Waals surface area contributed by atoms with Gasteiger partial charge in [-0.2, -0.15) is 0 Å². The number of carbonyl (C=O) groups is 1. The Morgan fingerprint density at radius 3 is 2.19 bits per heavy atom. The first kappa shape index (κ1) is 19.8. The first-order valence-electron chi connectivity index (χ1n) is 9.25. The van der Waals surface area contributed by atoms with E-state index in [4.69, 9.17) is 9.15 Å². The van der Waals surface area contributed by atoms with Crippen molar-refractivity contribution in [2.45, 2.75) is 0 Å². The SMILES string of the molecule is O=C(COc1ccccc1[N+](=O)[O-])Nc1ccc(-c2nnc(-c3ccccc3)o2)cc1. The van der Waals surface area contributed by atoms with Crippen LogP contribution in [0.15, 0.2) is 83.3 Å². The van der Waals surface area contributed by atoms with Crippen molar-refractivity contribution in [3.8, 4) is 28.7 Å². The molecule has 0 saturated heterocycles. The predicted molar refractivity (Wildman–Crippen MR) is 112 cm³/mol. The zero-order valence-electron chi connectivity index (χ0n) is 16.1. The molecule has 9 heteroatoms. The Morgan fingerprint density at radius 2 is 1.52 bits per heavy atom. The molecule has 1 heterocycles. The fourth-order valence-corrected chi connectivity index (χ4v) is 2.80. The molecule has 0 aliphatic carbocycles. The van der Waals surface area contributed by atoms with Crippen LogP contribution in [-0.2, 0) is 4.79 Å². The molecular weight excluding hydrogens is 400 g/mol. The highest BCUT2D eigenvalue weighted by Crippen LogP contribution is 2.26. The van der Waals surface area contributed by atoms with Crippen molar-refractivity contribution in [3.63, 3.8) is 0 Å². The molecule has 0 unspecified atom stereocenters. The summed E-state index contributed by atoms with van der Waals surface area (Å²) in [4.78, 5) is 22.6. The maximum absolute atomic E-state index is 12.1. The smallest absolute Gasteiger partial charge is 0.310 e. The van der Waals surface area contributed by atoms with E-state index in [0.717, 1.165) is 5.56 Å². The molecule has 3 aromatic carbocycles. The molecule has 4 rings (SSSR count). The maximum atomic E-state index is 12.1. The monoisotopic (exact) mass is 416 g/mol. The van der Waals surface area contributed by atoms with Crippen LogP contribution in [0, 0.1) is 10.1 Å². The van der Waals surface area contributed by atoms with Gasteiger partial charge in [-0.15, -0.1) is 10.2 Å². The maximum Gasteiger partial charge on any atom is 0.310 e. The number of nitrogens with one attached hydrogen (secondary N) is 1. The van der Waals surface area contributed by atoms with E-state index in [2.05, 4.69) is 15.5 Å². The van der Waals surface area contributed by atoms with E-state index in [1.54, 1.807) is 30.3 Å². The van der Waals surface area contributed by atoms with E-state index in [1.807, 2.05) is 30.3 Å². The quantitative estimate of drug-likeness (QED) is 0.352. The number of hydrogen-bond acceptors (Lipinski definition) is 7. The van der Waals surface area contributed by atoms with Crippen molar-refractivity contribution in [1.82, 2.24) is 10.2 Å². The van der Waals surface area contributed by atoms with E-state index in [1.165, 1.54) is 18.2 Å². The van der Waals surface area contributed by atoms with Crippen LogP contribution in [0.5, 0.6) is 5.75 Å². The van der Waals surface area contributed by atoms with Crippen LogP contribution in [0.1, 0.15) is 0 Å². The lowest BCUT2D eigenvalue weighted by Gasteiger charge is -2.08. The van der Waals surface area contributed by atoms with Gasteiger partial charge in [0, 0.05) is 22.9 Å². The zero-order chi connectivity index (χ0) is 21.6.